The molecule has 3 heterocycles. The molecule has 0 saturated carbocycles. The van der Waals surface area contributed by atoms with Gasteiger partial charge in [0.1, 0.15) is 5.69 Å². The molecule has 0 aromatic carbocycles. The van der Waals surface area contributed by atoms with Crippen LogP contribution in [0.15, 0.2) is 12.5 Å². The Balaban J connectivity index is 1.93. The quantitative estimate of drug-likeness (QED) is 0.857. The smallest absolute Gasteiger partial charge is 0.272 e. The highest BCUT2D eigenvalue weighted by atomic mass is 16.5. The third kappa shape index (κ3) is 3.59. The van der Waals surface area contributed by atoms with Crippen LogP contribution in [0.4, 0.5) is 0 Å². The molecular formula is C17H25N5O3. The van der Waals surface area contributed by atoms with Gasteiger partial charge in [-0.25, -0.2) is 4.98 Å². The van der Waals surface area contributed by atoms with Gasteiger partial charge >= 0.3 is 0 Å². The summed E-state index contributed by atoms with van der Waals surface area (Å²) in [7, 11) is 3.43. The molecule has 2 atom stereocenters. The molecule has 0 spiro atoms. The first-order valence-electron chi connectivity index (χ1n) is 8.48. The first-order chi connectivity index (χ1) is 12.0. The van der Waals surface area contributed by atoms with Crippen molar-refractivity contribution in [1.82, 2.24) is 24.6 Å². The fraction of sp³-hybridized carbons (Fsp3) is 0.588. The Labute approximate surface area is 147 Å². The van der Waals surface area contributed by atoms with E-state index >= 15 is 0 Å². The summed E-state index contributed by atoms with van der Waals surface area (Å²) in [6.45, 7) is 5.49. The number of H-pyrrole nitrogens is 1. The van der Waals surface area contributed by atoms with Crippen LogP contribution in [-0.2, 0) is 29.0 Å². The summed E-state index contributed by atoms with van der Waals surface area (Å²) in [6, 6.07) is 0. The molecule has 0 unspecified atom stereocenters. The number of carbonyl (C=O) groups is 1. The minimum atomic E-state index is -0.119. The predicted molar refractivity (Wildman–Crippen MR) is 91.2 cm³/mol. The molecule has 8 heteroatoms. The van der Waals surface area contributed by atoms with Crippen LogP contribution in [0.5, 0.6) is 0 Å². The average Bonchev–Trinajstić information content (AvgIpc) is 3.19. The summed E-state index contributed by atoms with van der Waals surface area (Å²) in [4.78, 5) is 21.9. The number of aromatic nitrogens is 4. The van der Waals surface area contributed by atoms with Gasteiger partial charge in [0.2, 0.25) is 0 Å². The Kier molecular flexibility index (Phi) is 5.19. The van der Waals surface area contributed by atoms with E-state index in [0.717, 1.165) is 17.0 Å². The minimum Gasteiger partial charge on any atom is -0.383 e. The second-order valence-electron chi connectivity index (χ2n) is 6.46. The number of aromatic amines is 1. The van der Waals surface area contributed by atoms with Crippen molar-refractivity contribution in [3.8, 4) is 0 Å². The minimum absolute atomic E-state index is 0.0549. The lowest BCUT2D eigenvalue weighted by atomic mass is 9.99. The van der Waals surface area contributed by atoms with E-state index in [0.29, 0.717) is 31.8 Å². The van der Waals surface area contributed by atoms with Crippen molar-refractivity contribution < 1.29 is 14.3 Å². The van der Waals surface area contributed by atoms with E-state index in [1.807, 2.05) is 13.8 Å². The molecule has 136 valence electrons. The van der Waals surface area contributed by atoms with Crippen LogP contribution in [-0.4, -0.2) is 57.4 Å². The number of nitrogens with zero attached hydrogens (tertiary/aromatic N) is 4. The summed E-state index contributed by atoms with van der Waals surface area (Å²) < 4.78 is 12.8. The maximum absolute atomic E-state index is 13.2. The van der Waals surface area contributed by atoms with Crippen LogP contribution in [0.3, 0.4) is 0 Å². The number of nitrogens with one attached hydrogen (secondary N) is 1. The Morgan fingerprint density at radius 3 is 3.00 bits per heavy atom. The molecule has 2 aromatic rings. The molecule has 8 nitrogen and oxygen atoms in total. The van der Waals surface area contributed by atoms with Gasteiger partial charge in [0, 0.05) is 32.3 Å². The second-order valence-corrected chi connectivity index (χ2v) is 6.46. The van der Waals surface area contributed by atoms with Crippen LogP contribution in [0.1, 0.15) is 47.4 Å². The number of fused-ring (bicyclic) bond motifs is 1. The summed E-state index contributed by atoms with van der Waals surface area (Å²) in [5.41, 5.74) is 3.37. The van der Waals surface area contributed by atoms with Gasteiger partial charge in [0.15, 0.2) is 0 Å². The topological polar surface area (TPSA) is 85.3 Å². The van der Waals surface area contributed by atoms with E-state index in [9.17, 15) is 4.79 Å². The number of methoxy groups -OCH3 is 1. The third-order valence-corrected chi connectivity index (χ3v) is 4.41. The molecule has 1 aliphatic rings. The molecule has 25 heavy (non-hydrogen) atoms. The number of rotatable bonds is 6. The molecule has 1 amide bonds. The normalized spacial score (nSPS) is 19.7. The zero-order valence-corrected chi connectivity index (χ0v) is 15.2. The zero-order valence-electron chi connectivity index (χ0n) is 15.2. The Hall–Kier alpha value is -2.19. The van der Waals surface area contributed by atoms with Gasteiger partial charge in [-0.1, -0.05) is 0 Å². The van der Waals surface area contributed by atoms with E-state index in [4.69, 9.17) is 9.47 Å². The Bertz CT molecular complexity index is 725. The van der Waals surface area contributed by atoms with Crippen molar-refractivity contribution >= 4 is 5.91 Å². The predicted octanol–water partition coefficient (Wildman–Crippen LogP) is 1.55. The van der Waals surface area contributed by atoms with Crippen molar-refractivity contribution in [1.29, 1.82) is 0 Å². The lowest BCUT2D eigenvalue weighted by Gasteiger charge is -2.25. The summed E-state index contributed by atoms with van der Waals surface area (Å²) >= 11 is 0. The zero-order chi connectivity index (χ0) is 18.0. The number of hydrogen-bond donors (Lipinski definition) is 1. The number of imidazole rings is 1. The van der Waals surface area contributed by atoms with Gasteiger partial charge in [-0.2, -0.15) is 5.10 Å². The maximum atomic E-state index is 13.2. The summed E-state index contributed by atoms with van der Waals surface area (Å²) in [5, 5.41) is 4.65. The molecule has 0 aliphatic carbocycles. The Morgan fingerprint density at radius 2 is 2.32 bits per heavy atom. The van der Waals surface area contributed by atoms with Crippen LogP contribution in [0, 0.1) is 0 Å². The van der Waals surface area contributed by atoms with Crippen molar-refractivity contribution in [3.63, 3.8) is 0 Å². The Morgan fingerprint density at radius 1 is 1.52 bits per heavy atom. The van der Waals surface area contributed by atoms with Crippen LogP contribution >= 0.6 is 0 Å². The van der Waals surface area contributed by atoms with Gasteiger partial charge in [-0.3, -0.25) is 9.48 Å². The van der Waals surface area contributed by atoms with E-state index in [2.05, 4.69) is 15.1 Å². The molecule has 3 rings (SSSR count). The van der Waals surface area contributed by atoms with Crippen molar-refractivity contribution in [3.05, 3.63) is 35.2 Å². The first kappa shape index (κ1) is 17.6. The van der Waals surface area contributed by atoms with E-state index in [-0.39, 0.29) is 18.1 Å². The van der Waals surface area contributed by atoms with Crippen LogP contribution < -0.4 is 0 Å². The van der Waals surface area contributed by atoms with Gasteiger partial charge in [0.25, 0.3) is 5.91 Å². The second kappa shape index (κ2) is 7.37. The summed E-state index contributed by atoms with van der Waals surface area (Å²) in [6.07, 6.45) is 3.96. The van der Waals surface area contributed by atoms with Gasteiger partial charge in [-0.05, 0) is 13.8 Å². The third-order valence-electron chi connectivity index (χ3n) is 4.41. The fourth-order valence-electron chi connectivity index (χ4n) is 3.25. The molecule has 1 N–H and O–H groups in total. The van der Waals surface area contributed by atoms with Crippen molar-refractivity contribution in [2.24, 2.45) is 0 Å². The number of ether oxygens (including phenoxy) is 2. The monoisotopic (exact) mass is 347 g/mol. The standard InChI is InChI=1S/C17H25N5O3/c1-11-7-14-15(12(2)25-11)20-22(5-6-24-4)16(14)17(23)21(3)9-13-8-18-10-19-13/h8,10-12H,5-7,9H2,1-4H3,(H,18,19)/t11-,12+/m0/s1. The number of hydrogen-bond acceptors (Lipinski definition) is 5. The van der Waals surface area contributed by atoms with Gasteiger partial charge in [-0.15, -0.1) is 0 Å². The van der Waals surface area contributed by atoms with Crippen LogP contribution in [0.25, 0.3) is 0 Å². The highest BCUT2D eigenvalue weighted by Crippen LogP contribution is 2.32. The SMILES string of the molecule is COCCn1nc2c(c1C(=O)N(C)Cc1cnc[nH]1)C[C@H](C)O[C@@H]2C. The molecule has 2 aromatic heterocycles. The van der Waals surface area contributed by atoms with Crippen molar-refractivity contribution in [2.75, 3.05) is 20.8 Å². The lowest BCUT2D eigenvalue weighted by molar-refractivity contribution is -0.00720. The molecule has 0 bridgehead atoms. The van der Waals surface area contributed by atoms with Crippen LogP contribution in [0.2, 0.25) is 0 Å². The number of amides is 1. The molecule has 0 saturated heterocycles. The van der Waals surface area contributed by atoms with E-state index in [1.165, 1.54) is 0 Å². The number of carbonyl (C=O) groups excluding carboxylic acids is 1. The molecule has 0 radical (unpaired) electrons. The largest absolute Gasteiger partial charge is 0.383 e. The highest BCUT2D eigenvalue weighted by molar-refractivity contribution is 5.94. The van der Waals surface area contributed by atoms with E-state index in [1.54, 1.807) is 36.3 Å². The fourth-order valence-corrected chi connectivity index (χ4v) is 3.25. The first-order valence-corrected chi connectivity index (χ1v) is 8.48. The summed E-state index contributed by atoms with van der Waals surface area (Å²) in [5.74, 6) is -0.0549. The highest BCUT2D eigenvalue weighted by Gasteiger charge is 2.33. The molecule has 0 fully saturated rings. The van der Waals surface area contributed by atoms with Gasteiger partial charge < -0.3 is 19.4 Å². The van der Waals surface area contributed by atoms with Gasteiger partial charge in [0.05, 0.1) is 49.6 Å². The van der Waals surface area contributed by atoms with E-state index < -0.39 is 0 Å². The molecule has 1 aliphatic heterocycles. The lowest BCUT2D eigenvalue weighted by Crippen LogP contribution is -2.31. The average molecular weight is 347 g/mol. The molecular weight excluding hydrogens is 322 g/mol. The maximum Gasteiger partial charge on any atom is 0.272 e. The van der Waals surface area contributed by atoms with Crippen molar-refractivity contribution in [2.45, 2.75) is 45.6 Å².